The predicted molar refractivity (Wildman–Crippen MR) is 65.7 cm³/mol. The second-order valence-electron chi connectivity index (χ2n) is 4.86. The van der Waals surface area contributed by atoms with Gasteiger partial charge in [-0.05, 0) is 5.56 Å². The van der Waals surface area contributed by atoms with Crippen LogP contribution in [-0.2, 0) is 11.3 Å². The second-order valence-corrected chi connectivity index (χ2v) is 4.86. The van der Waals surface area contributed by atoms with Crippen molar-refractivity contribution in [3.05, 3.63) is 35.9 Å². The monoisotopic (exact) mass is 245 g/mol. The summed E-state index contributed by atoms with van der Waals surface area (Å²) in [6.45, 7) is 2.25. The van der Waals surface area contributed by atoms with Gasteiger partial charge < -0.3 is 5.32 Å². The molecule has 0 radical (unpaired) electrons. The highest BCUT2D eigenvalue weighted by Gasteiger charge is 2.42. The fraction of sp³-hybridized carbons (Fsp3) is 0.385. The number of benzene rings is 1. The molecule has 0 aliphatic carbocycles. The van der Waals surface area contributed by atoms with Gasteiger partial charge in [0.15, 0.2) is 0 Å². The maximum absolute atomic E-state index is 11.7. The van der Waals surface area contributed by atoms with Crippen molar-refractivity contribution in [1.29, 1.82) is 0 Å². The van der Waals surface area contributed by atoms with Gasteiger partial charge in [0.1, 0.15) is 0 Å². The van der Waals surface area contributed by atoms with Crippen LogP contribution in [0, 0.1) is 5.92 Å². The Balaban J connectivity index is 1.68. The van der Waals surface area contributed by atoms with E-state index in [0.29, 0.717) is 6.54 Å². The zero-order valence-corrected chi connectivity index (χ0v) is 9.93. The number of nitrogens with zero attached hydrogens (tertiary/aromatic N) is 1. The van der Waals surface area contributed by atoms with Crippen LogP contribution in [0.2, 0.25) is 0 Å². The Kier molecular flexibility index (Phi) is 2.76. The first-order valence-corrected chi connectivity index (χ1v) is 6.10. The van der Waals surface area contributed by atoms with E-state index in [4.69, 9.17) is 0 Å². The van der Waals surface area contributed by atoms with E-state index < -0.39 is 0 Å². The molecule has 2 fully saturated rings. The molecule has 1 aromatic rings. The Morgan fingerprint density at radius 2 is 1.94 bits per heavy atom. The molecule has 2 atom stereocenters. The van der Waals surface area contributed by atoms with Gasteiger partial charge in [0.05, 0.1) is 12.0 Å². The van der Waals surface area contributed by atoms with Crippen molar-refractivity contribution in [1.82, 2.24) is 15.5 Å². The van der Waals surface area contributed by atoms with E-state index in [-0.39, 0.29) is 23.9 Å². The lowest BCUT2D eigenvalue weighted by molar-refractivity contribution is -0.124. The van der Waals surface area contributed by atoms with Crippen LogP contribution in [-0.4, -0.2) is 36.0 Å². The van der Waals surface area contributed by atoms with E-state index >= 15 is 0 Å². The van der Waals surface area contributed by atoms with Crippen LogP contribution < -0.4 is 10.6 Å². The van der Waals surface area contributed by atoms with E-state index in [0.717, 1.165) is 13.1 Å². The third kappa shape index (κ3) is 2.09. The van der Waals surface area contributed by atoms with Crippen molar-refractivity contribution in [2.24, 2.45) is 5.92 Å². The molecule has 0 spiro atoms. The molecule has 5 heteroatoms. The summed E-state index contributed by atoms with van der Waals surface area (Å²) in [4.78, 5) is 25.1. The third-order valence-corrected chi connectivity index (χ3v) is 3.53. The highest BCUT2D eigenvalue weighted by Crippen LogP contribution is 2.21. The van der Waals surface area contributed by atoms with Crippen LogP contribution in [0.1, 0.15) is 5.56 Å². The van der Waals surface area contributed by atoms with Crippen LogP contribution in [0.25, 0.3) is 0 Å². The Bertz CT molecular complexity index is 474. The first-order valence-electron chi connectivity index (χ1n) is 6.10. The number of amides is 3. The largest absolute Gasteiger partial charge is 0.333 e. The summed E-state index contributed by atoms with van der Waals surface area (Å²) in [5, 5.41) is 5.13. The molecule has 2 heterocycles. The number of hydrogen-bond donors (Lipinski definition) is 2. The predicted octanol–water partition coefficient (Wildman–Crippen LogP) is 0.326. The first kappa shape index (κ1) is 11.2. The zero-order valence-electron chi connectivity index (χ0n) is 9.93. The van der Waals surface area contributed by atoms with E-state index in [9.17, 15) is 9.59 Å². The molecule has 0 unspecified atom stereocenters. The summed E-state index contributed by atoms with van der Waals surface area (Å²) in [6, 6.07) is 9.72. The smallest absolute Gasteiger partial charge is 0.321 e. The molecule has 2 aliphatic heterocycles. The summed E-state index contributed by atoms with van der Waals surface area (Å²) >= 11 is 0. The number of hydrogen-bond acceptors (Lipinski definition) is 3. The van der Waals surface area contributed by atoms with E-state index in [1.54, 1.807) is 0 Å². The van der Waals surface area contributed by atoms with Crippen molar-refractivity contribution >= 4 is 11.9 Å². The minimum Gasteiger partial charge on any atom is -0.333 e. The average molecular weight is 245 g/mol. The van der Waals surface area contributed by atoms with Crippen molar-refractivity contribution in [3.63, 3.8) is 0 Å². The van der Waals surface area contributed by atoms with Crippen molar-refractivity contribution in [3.8, 4) is 0 Å². The Morgan fingerprint density at radius 1 is 1.17 bits per heavy atom. The number of urea groups is 1. The maximum atomic E-state index is 11.7. The maximum Gasteiger partial charge on any atom is 0.321 e. The molecule has 5 nitrogen and oxygen atoms in total. The van der Waals surface area contributed by atoms with Gasteiger partial charge in [0.2, 0.25) is 5.91 Å². The number of carbonyl (C=O) groups is 2. The number of rotatable bonds is 2. The van der Waals surface area contributed by atoms with Gasteiger partial charge in [0.25, 0.3) is 0 Å². The molecule has 18 heavy (non-hydrogen) atoms. The number of likely N-dealkylation sites (tertiary alicyclic amines) is 1. The van der Waals surface area contributed by atoms with Crippen LogP contribution in [0.5, 0.6) is 0 Å². The molecule has 2 aliphatic rings. The second kappa shape index (κ2) is 4.42. The van der Waals surface area contributed by atoms with E-state index in [1.807, 2.05) is 18.2 Å². The standard InChI is InChI=1S/C13H15N3O2/c17-12-10-7-16(6-9-4-2-1-3-5-9)8-11(10)14-13(18)15-12/h1-5,10-11H,6-8H2,(H2,14,15,17,18)/t10-,11+/m0/s1. The molecular weight excluding hydrogens is 230 g/mol. The van der Waals surface area contributed by atoms with Crippen LogP contribution in [0.4, 0.5) is 4.79 Å². The Labute approximate surface area is 105 Å². The minimum absolute atomic E-state index is 0.0463. The van der Waals surface area contributed by atoms with Gasteiger partial charge in [-0.15, -0.1) is 0 Å². The molecule has 1 aromatic carbocycles. The van der Waals surface area contributed by atoms with Crippen molar-refractivity contribution in [2.75, 3.05) is 13.1 Å². The van der Waals surface area contributed by atoms with Crippen molar-refractivity contribution in [2.45, 2.75) is 12.6 Å². The third-order valence-electron chi connectivity index (χ3n) is 3.53. The van der Waals surface area contributed by atoms with Gasteiger partial charge in [0, 0.05) is 19.6 Å². The van der Waals surface area contributed by atoms with Crippen LogP contribution in [0.3, 0.4) is 0 Å². The number of carbonyl (C=O) groups excluding carboxylic acids is 2. The molecule has 3 amide bonds. The van der Waals surface area contributed by atoms with E-state index in [1.165, 1.54) is 5.56 Å². The molecule has 0 bridgehead atoms. The van der Waals surface area contributed by atoms with Gasteiger partial charge >= 0.3 is 6.03 Å². The van der Waals surface area contributed by atoms with Gasteiger partial charge in [-0.1, -0.05) is 30.3 Å². The summed E-state index contributed by atoms with van der Waals surface area (Å²) in [7, 11) is 0. The fourth-order valence-electron chi connectivity index (χ4n) is 2.68. The lowest BCUT2D eigenvalue weighted by Gasteiger charge is -2.24. The zero-order chi connectivity index (χ0) is 12.5. The fourth-order valence-corrected chi connectivity index (χ4v) is 2.68. The molecule has 0 saturated carbocycles. The average Bonchev–Trinajstić information content (AvgIpc) is 2.73. The lowest BCUT2D eigenvalue weighted by atomic mass is 10.0. The molecule has 3 rings (SSSR count). The van der Waals surface area contributed by atoms with Crippen LogP contribution >= 0.6 is 0 Å². The van der Waals surface area contributed by atoms with E-state index in [2.05, 4.69) is 27.7 Å². The normalized spacial score (nSPS) is 27.6. The number of imide groups is 1. The molecule has 2 N–H and O–H groups in total. The summed E-state index contributed by atoms with van der Waals surface area (Å²) in [6.07, 6.45) is 0. The Morgan fingerprint density at radius 3 is 2.72 bits per heavy atom. The van der Waals surface area contributed by atoms with Gasteiger partial charge in [-0.2, -0.15) is 0 Å². The minimum atomic E-state index is -0.372. The molecule has 2 saturated heterocycles. The molecular formula is C13H15N3O2. The number of nitrogens with one attached hydrogen (secondary N) is 2. The highest BCUT2D eigenvalue weighted by molar-refractivity contribution is 5.98. The van der Waals surface area contributed by atoms with Gasteiger partial charge in [-0.25, -0.2) is 4.79 Å². The summed E-state index contributed by atoms with van der Waals surface area (Å²) in [5.41, 5.74) is 1.22. The molecule has 94 valence electrons. The number of fused-ring (bicyclic) bond motifs is 1. The highest BCUT2D eigenvalue weighted by atomic mass is 16.2. The first-order chi connectivity index (χ1) is 8.72. The van der Waals surface area contributed by atoms with Crippen molar-refractivity contribution < 1.29 is 9.59 Å². The Hall–Kier alpha value is -1.88. The molecule has 0 aromatic heterocycles. The summed E-state index contributed by atoms with van der Waals surface area (Å²) < 4.78 is 0. The quantitative estimate of drug-likeness (QED) is 0.789. The SMILES string of the molecule is O=C1NC(=O)[C@H]2CN(Cc3ccccc3)C[C@H]2N1. The van der Waals surface area contributed by atoms with Crippen LogP contribution in [0.15, 0.2) is 30.3 Å². The lowest BCUT2D eigenvalue weighted by Crippen LogP contribution is -2.57. The summed E-state index contributed by atoms with van der Waals surface area (Å²) in [5.74, 6) is -0.272. The van der Waals surface area contributed by atoms with Gasteiger partial charge in [-0.3, -0.25) is 15.0 Å². The topological polar surface area (TPSA) is 61.4 Å².